The van der Waals surface area contributed by atoms with E-state index >= 15 is 0 Å². The molecule has 0 unspecified atom stereocenters. The molecule has 348 valence electrons. The van der Waals surface area contributed by atoms with Crippen LogP contribution in [0.1, 0.15) is 92.8 Å². The van der Waals surface area contributed by atoms with Gasteiger partial charge in [0, 0.05) is 37.9 Å². The van der Waals surface area contributed by atoms with Gasteiger partial charge < -0.3 is 56.0 Å². The lowest BCUT2D eigenvalue weighted by atomic mass is 9.72. The van der Waals surface area contributed by atoms with Gasteiger partial charge in [0.2, 0.25) is 11.8 Å². The summed E-state index contributed by atoms with van der Waals surface area (Å²) >= 11 is 0. The van der Waals surface area contributed by atoms with Crippen LogP contribution >= 0.6 is 0 Å². The summed E-state index contributed by atoms with van der Waals surface area (Å²) in [4.78, 5) is 56.1. The summed E-state index contributed by atoms with van der Waals surface area (Å²) in [5.41, 5.74) is 17.2. The fourth-order valence-electron chi connectivity index (χ4n) is 9.54. The fourth-order valence-corrected chi connectivity index (χ4v) is 9.54. The van der Waals surface area contributed by atoms with Crippen molar-refractivity contribution in [3.63, 3.8) is 0 Å². The van der Waals surface area contributed by atoms with Gasteiger partial charge in [-0.25, -0.2) is 9.59 Å². The summed E-state index contributed by atoms with van der Waals surface area (Å²) in [5, 5.41) is 8.12. The van der Waals surface area contributed by atoms with Crippen LogP contribution in [0.3, 0.4) is 0 Å². The molecule has 0 aromatic heterocycles. The minimum absolute atomic E-state index is 0.0217. The summed E-state index contributed by atoms with van der Waals surface area (Å²) in [6, 6.07) is 13.0. The molecule has 0 bridgehead atoms. The predicted octanol–water partition coefficient (Wildman–Crippen LogP) is 5.85. The van der Waals surface area contributed by atoms with E-state index in [1.807, 2.05) is 30.9 Å². The number of piperidine rings is 1. The molecule has 6 atom stereocenters. The second-order valence-electron chi connectivity index (χ2n) is 17.4. The smallest absolute Gasteiger partial charge is 0.410 e. The first-order valence-corrected chi connectivity index (χ1v) is 22.4. The summed E-state index contributed by atoms with van der Waals surface area (Å²) in [7, 11) is 6.62. The van der Waals surface area contributed by atoms with Crippen LogP contribution in [0, 0.1) is 17.8 Å². The van der Waals surface area contributed by atoms with Crippen molar-refractivity contribution in [3.8, 4) is 23.0 Å². The SMILES string of the molecule is CC[C@H]1CN2CCc3cc(OC)c(OC)cc3[C@@H]2C[C@@H]1C[C@@H]1c2cc(OC)c(OC)cc2CCN1C(=O)OCc1ccc(NC(=O)[C@H](CCCNC(N)=O)NC(=O)[C@@H](N)C(C)C)cc1. The standard InChI is InChI=1S/C48H67N7O9/c1-8-30-26-54-18-15-31-22-40(60-4)42(62-6)24-35(31)38(54)20-33(30)21-39-36-25-43(63-7)41(61-5)23-32(36)16-19-55(39)48(59)64-27-29-11-13-34(14-12-29)52-45(56)37(10-9-17-51-47(50)58)53-46(57)44(49)28(2)3/h11-14,22-25,28,30,33,37-39,44H,8-10,15-21,26-27,49H2,1-7H3,(H,52,56)(H,53,57)(H3,50,51,58)/t30-,33+,37-,38-,39+,44-/m0/s1. The number of nitrogens with zero attached hydrogens (tertiary/aromatic N) is 2. The van der Waals surface area contributed by atoms with Gasteiger partial charge in [0.1, 0.15) is 12.6 Å². The zero-order valence-corrected chi connectivity index (χ0v) is 38.4. The van der Waals surface area contributed by atoms with Crippen LogP contribution in [0.25, 0.3) is 0 Å². The minimum atomic E-state index is -0.900. The molecule has 3 aromatic rings. The number of carbonyl (C=O) groups is 4. The topological polar surface area (TPSA) is 209 Å². The first-order valence-electron chi connectivity index (χ1n) is 22.4. The number of rotatable bonds is 18. The van der Waals surface area contributed by atoms with Gasteiger partial charge in [-0.3, -0.25) is 14.5 Å². The molecule has 16 nitrogen and oxygen atoms in total. The molecule has 3 aromatic carbocycles. The lowest BCUT2D eigenvalue weighted by molar-refractivity contribution is -0.128. The third kappa shape index (κ3) is 11.1. The van der Waals surface area contributed by atoms with E-state index in [-0.39, 0.29) is 37.6 Å². The molecule has 5 amide bonds. The number of amides is 5. The summed E-state index contributed by atoms with van der Waals surface area (Å²) < 4.78 is 29.0. The number of nitrogens with one attached hydrogen (secondary N) is 3. The Morgan fingerprint density at radius 2 is 1.42 bits per heavy atom. The van der Waals surface area contributed by atoms with Crippen LogP contribution in [-0.2, 0) is 33.8 Å². The highest BCUT2D eigenvalue weighted by Crippen LogP contribution is 2.49. The Kier molecular flexibility index (Phi) is 16.2. The molecule has 0 saturated carbocycles. The Morgan fingerprint density at radius 3 is 2.03 bits per heavy atom. The number of hydrogen-bond acceptors (Lipinski definition) is 11. The number of fused-ring (bicyclic) bond motifs is 4. The second-order valence-corrected chi connectivity index (χ2v) is 17.4. The van der Waals surface area contributed by atoms with Crippen LogP contribution in [0.2, 0.25) is 0 Å². The molecule has 64 heavy (non-hydrogen) atoms. The van der Waals surface area contributed by atoms with Gasteiger partial charge in [0.05, 0.1) is 40.5 Å². The summed E-state index contributed by atoms with van der Waals surface area (Å²) in [6.07, 6.45) is 4.54. The molecule has 3 heterocycles. The minimum Gasteiger partial charge on any atom is -0.493 e. The lowest BCUT2D eigenvalue weighted by Gasteiger charge is -2.49. The number of urea groups is 1. The molecule has 1 saturated heterocycles. The van der Waals surface area contributed by atoms with Crippen molar-refractivity contribution >= 4 is 29.6 Å². The highest BCUT2D eigenvalue weighted by molar-refractivity contribution is 5.97. The molecular weight excluding hydrogens is 819 g/mol. The van der Waals surface area contributed by atoms with Gasteiger partial charge in [-0.1, -0.05) is 39.3 Å². The van der Waals surface area contributed by atoms with Gasteiger partial charge in [-0.05, 0) is 120 Å². The normalized spacial score (nSPS) is 20.1. The fraction of sp³-hybridized carbons (Fsp3) is 0.542. The van der Waals surface area contributed by atoms with Gasteiger partial charge >= 0.3 is 12.1 Å². The number of carbonyl (C=O) groups excluding carboxylic acids is 4. The largest absolute Gasteiger partial charge is 0.493 e. The highest BCUT2D eigenvalue weighted by Gasteiger charge is 2.42. The number of methoxy groups -OCH3 is 4. The molecule has 0 spiro atoms. The maximum atomic E-state index is 14.3. The molecule has 0 aliphatic carbocycles. The van der Waals surface area contributed by atoms with Crippen LogP contribution in [-0.4, -0.2) is 100 Å². The Bertz CT molecular complexity index is 2120. The first kappa shape index (κ1) is 47.7. The molecule has 16 heteroatoms. The zero-order chi connectivity index (χ0) is 46.1. The quantitative estimate of drug-likeness (QED) is 0.0958. The van der Waals surface area contributed by atoms with E-state index in [1.165, 1.54) is 11.1 Å². The average Bonchev–Trinajstić information content (AvgIpc) is 3.30. The summed E-state index contributed by atoms with van der Waals surface area (Å²) in [5.74, 6) is 2.49. The monoisotopic (exact) mass is 886 g/mol. The molecule has 7 N–H and O–H groups in total. The van der Waals surface area contributed by atoms with E-state index in [1.54, 1.807) is 52.7 Å². The van der Waals surface area contributed by atoms with Crippen molar-refractivity contribution in [2.45, 2.75) is 96.5 Å². The van der Waals surface area contributed by atoms with Crippen molar-refractivity contribution in [2.75, 3.05) is 59.9 Å². The third-order valence-electron chi connectivity index (χ3n) is 13.3. The van der Waals surface area contributed by atoms with Crippen LogP contribution in [0.4, 0.5) is 15.3 Å². The maximum Gasteiger partial charge on any atom is 0.410 e. The number of hydrogen-bond donors (Lipinski definition) is 5. The molecular formula is C48H67N7O9. The van der Waals surface area contributed by atoms with Gasteiger partial charge in [-0.2, -0.15) is 0 Å². The van der Waals surface area contributed by atoms with Crippen molar-refractivity contribution < 1.29 is 42.9 Å². The van der Waals surface area contributed by atoms with Crippen molar-refractivity contribution in [3.05, 3.63) is 76.3 Å². The predicted molar refractivity (Wildman–Crippen MR) is 244 cm³/mol. The maximum absolute atomic E-state index is 14.3. The second kappa shape index (κ2) is 21.8. The highest BCUT2D eigenvalue weighted by atomic mass is 16.6. The van der Waals surface area contributed by atoms with Gasteiger partial charge in [0.15, 0.2) is 23.0 Å². The van der Waals surface area contributed by atoms with Gasteiger partial charge in [-0.15, -0.1) is 0 Å². The molecule has 3 aliphatic rings. The van der Waals surface area contributed by atoms with Crippen LogP contribution in [0.5, 0.6) is 23.0 Å². The molecule has 3 aliphatic heterocycles. The van der Waals surface area contributed by atoms with E-state index in [0.717, 1.165) is 67.0 Å². The first-order chi connectivity index (χ1) is 30.8. The lowest BCUT2D eigenvalue weighted by Crippen LogP contribution is -2.51. The van der Waals surface area contributed by atoms with Crippen LogP contribution in [0.15, 0.2) is 48.5 Å². The van der Waals surface area contributed by atoms with E-state index in [0.29, 0.717) is 48.4 Å². The number of anilines is 1. The van der Waals surface area contributed by atoms with Crippen LogP contribution < -0.4 is 46.4 Å². The van der Waals surface area contributed by atoms with Crippen molar-refractivity contribution in [1.82, 2.24) is 20.4 Å². The Hall–Kier alpha value is -5.74. The summed E-state index contributed by atoms with van der Waals surface area (Å²) in [6.45, 7) is 8.62. The molecule has 1 fully saturated rings. The number of nitrogens with two attached hydrogens (primary N) is 2. The number of benzene rings is 3. The number of primary amides is 1. The van der Waals surface area contributed by atoms with Crippen molar-refractivity contribution in [2.24, 2.45) is 29.2 Å². The number of ether oxygens (including phenoxy) is 5. The van der Waals surface area contributed by atoms with E-state index in [2.05, 4.69) is 39.9 Å². The Morgan fingerprint density at radius 1 is 0.812 bits per heavy atom. The Labute approximate surface area is 377 Å². The average molecular weight is 886 g/mol. The zero-order valence-electron chi connectivity index (χ0n) is 38.4. The van der Waals surface area contributed by atoms with Crippen molar-refractivity contribution in [1.29, 1.82) is 0 Å². The molecule has 6 rings (SSSR count). The third-order valence-corrected chi connectivity index (χ3v) is 13.3. The van der Waals surface area contributed by atoms with E-state index < -0.39 is 36.0 Å². The molecule has 0 radical (unpaired) electrons. The van der Waals surface area contributed by atoms with Gasteiger partial charge in [0.25, 0.3) is 0 Å². The Balaban J connectivity index is 1.17. The van der Waals surface area contributed by atoms with E-state index in [9.17, 15) is 19.2 Å². The van der Waals surface area contributed by atoms with E-state index in [4.69, 9.17) is 35.2 Å².